The highest BCUT2D eigenvalue weighted by molar-refractivity contribution is 7.99. The lowest BCUT2D eigenvalue weighted by atomic mass is 10.2. The van der Waals surface area contributed by atoms with Crippen LogP contribution in [-0.2, 0) is 0 Å². The number of hydrogen-bond donors (Lipinski definition) is 2. The monoisotopic (exact) mass is 231 g/mol. The quantitative estimate of drug-likeness (QED) is 0.219. The summed E-state index contributed by atoms with van der Waals surface area (Å²) in [4.78, 5) is 2.67. The van der Waals surface area contributed by atoms with Crippen LogP contribution in [0.4, 0.5) is 0 Å². The van der Waals surface area contributed by atoms with Gasteiger partial charge in [0, 0.05) is 23.0 Å². The normalized spacial score (nSPS) is 13.4. The molecule has 0 radical (unpaired) electrons. The molecule has 0 amide bonds. The second kappa shape index (κ2) is 9.86. The van der Waals surface area contributed by atoms with Gasteiger partial charge in [0.2, 0.25) is 0 Å². The van der Waals surface area contributed by atoms with E-state index in [0.29, 0.717) is 12.3 Å². The molecule has 0 heterocycles. The number of thioether (sulfide) groups is 1. The summed E-state index contributed by atoms with van der Waals surface area (Å²) in [6, 6.07) is 0. The van der Waals surface area contributed by atoms with Gasteiger partial charge in [-0.1, -0.05) is 16.8 Å². The first-order valence-corrected chi connectivity index (χ1v) is 5.89. The van der Waals surface area contributed by atoms with Crippen molar-refractivity contribution in [3.8, 4) is 0 Å². The second-order valence-corrected chi connectivity index (χ2v) is 4.20. The Kier molecular flexibility index (Phi) is 9.41. The van der Waals surface area contributed by atoms with Crippen LogP contribution in [0.1, 0.15) is 13.3 Å². The fraction of sp³-hybridized carbons (Fsp3) is 0.778. The first kappa shape index (κ1) is 14.3. The maximum Gasteiger partial charge on any atom is 0.0861 e. The minimum atomic E-state index is -0.633. The van der Waals surface area contributed by atoms with Crippen LogP contribution in [0.15, 0.2) is 16.8 Å². The molecular weight excluding hydrogens is 214 g/mol. The van der Waals surface area contributed by atoms with Crippen LogP contribution in [0.3, 0.4) is 0 Å². The molecule has 0 spiro atoms. The maximum atomic E-state index is 9.05. The lowest BCUT2D eigenvalue weighted by molar-refractivity contribution is 0.113. The van der Waals surface area contributed by atoms with Crippen molar-refractivity contribution < 1.29 is 10.2 Å². The summed E-state index contributed by atoms with van der Waals surface area (Å²) < 4.78 is 0. The Hall–Kier alpha value is -0.680. The molecule has 5 nitrogen and oxygen atoms in total. The fourth-order valence-electron chi connectivity index (χ4n) is 0.831. The molecule has 0 saturated carbocycles. The Labute approximate surface area is 93.8 Å². The Morgan fingerprint density at radius 1 is 1.67 bits per heavy atom. The van der Waals surface area contributed by atoms with Crippen molar-refractivity contribution in [3.63, 3.8) is 0 Å². The Morgan fingerprint density at radius 3 is 3.00 bits per heavy atom. The summed E-state index contributed by atoms with van der Waals surface area (Å²) in [6.45, 7) is 2.28. The van der Waals surface area contributed by atoms with E-state index in [1.54, 1.807) is 11.8 Å². The summed E-state index contributed by atoms with van der Waals surface area (Å²) in [6.07, 6.45) is 2.18. The van der Waals surface area contributed by atoms with Gasteiger partial charge < -0.3 is 10.2 Å². The van der Waals surface area contributed by atoms with Crippen LogP contribution in [0, 0.1) is 0 Å². The number of aliphatic hydroxyl groups excluding tert-OH is 2. The number of nitrogens with zero attached hydrogens (tertiary/aromatic N) is 3. The van der Waals surface area contributed by atoms with Crippen molar-refractivity contribution in [3.05, 3.63) is 22.1 Å². The van der Waals surface area contributed by atoms with E-state index >= 15 is 0 Å². The van der Waals surface area contributed by atoms with Gasteiger partial charge in [-0.15, -0.1) is 0 Å². The predicted molar refractivity (Wildman–Crippen MR) is 62.8 cm³/mol. The SMILES string of the molecule is CC(=CCSCC(O)CO)CCN=[N+]=[N-]. The number of azide groups is 1. The van der Waals surface area contributed by atoms with E-state index in [2.05, 4.69) is 10.0 Å². The summed E-state index contributed by atoms with van der Waals surface area (Å²) >= 11 is 1.56. The molecule has 0 aliphatic carbocycles. The molecule has 0 aliphatic rings. The lowest BCUT2D eigenvalue weighted by Crippen LogP contribution is -2.14. The minimum absolute atomic E-state index is 0.188. The van der Waals surface area contributed by atoms with Gasteiger partial charge in [-0.25, -0.2) is 0 Å². The molecule has 0 aliphatic heterocycles. The molecule has 0 rings (SSSR count). The number of hydrogen-bond acceptors (Lipinski definition) is 4. The zero-order valence-electron chi connectivity index (χ0n) is 8.83. The molecule has 0 bridgehead atoms. The van der Waals surface area contributed by atoms with E-state index in [0.717, 1.165) is 12.2 Å². The first-order valence-electron chi connectivity index (χ1n) is 4.73. The molecule has 0 saturated heterocycles. The molecule has 0 fully saturated rings. The van der Waals surface area contributed by atoms with E-state index in [9.17, 15) is 0 Å². The largest absolute Gasteiger partial charge is 0.394 e. The summed E-state index contributed by atoms with van der Waals surface area (Å²) in [7, 11) is 0. The van der Waals surface area contributed by atoms with E-state index in [1.807, 2.05) is 13.0 Å². The fourth-order valence-corrected chi connectivity index (χ4v) is 1.75. The molecule has 15 heavy (non-hydrogen) atoms. The molecule has 6 heteroatoms. The number of aliphatic hydroxyl groups is 2. The smallest absolute Gasteiger partial charge is 0.0861 e. The first-order chi connectivity index (χ1) is 7.20. The average molecular weight is 231 g/mol. The van der Waals surface area contributed by atoms with Crippen molar-refractivity contribution in [1.29, 1.82) is 0 Å². The lowest BCUT2D eigenvalue weighted by Gasteiger charge is -2.04. The Balaban J connectivity index is 3.53. The zero-order valence-corrected chi connectivity index (χ0v) is 9.65. The van der Waals surface area contributed by atoms with Crippen molar-refractivity contribution >= 4 is 11.8 Å². The molecular formula is C9H17N3O2S. The zero-order chi connectivity index (χ0) is 11.5. The summed E-state index contributed by atoms with van der Waals surface area (Å²) in [5.74, 6) is 1.34. The van der Waals surface area contributed by atoms with Gasteiger partial charge in [-0.2, -0.15) is 11.8 Å². The van der Waals surface area contributed by atoms with Crippen LogP contribution in [-0.4, -0.2) is 41.0 Å². The van der Waals surface area contributed by atoms with E-state index in [1.165, 1.54) is 5.57 Å². The van der Waals surface area contributed by atoms with Gasteiger partial charge in [0.05, 0.1) is 12.7 Å². The minimum Gasteiger partial charge on any atom is -0.394 e. The third kappa shape index (κ3) is 9.62. The van der Waals surface area contributed by atoms with Crippen molar-refractivity contribution in [1.82, 2.24) is 0 Å². The van der Waals surface area contributed by atoms with Crippen LogP contribution in [0.2, 0.25) is 0 Å². The molecule has 2 N–H and O–H groups in total. The highest BCUT2D eigenvalue weighted by atomic mass is 32.2. The van der Waals surface area contributed by atoms with Gasteiger partial charge in [0.1, 0.15) is 0 Å². The van der Waals surface area contributed by atoms with Gasteiger partial charge in [0.25, 0.3) is 0 Å². The molecule has 0 aromatic carbocycles. The standard InChI is InChI=1S/C9H17N3O2S/c1-8(2-4-11-12-10)3-5-15-7-9(14)6-13/h3,9,13-14H,2,4-7H2,1H3. The molecule has 1 unspecified atom stereocenters. The summed E-state index contributed by atoms with van der Waals surface area (Å²) in [5, 5.41) is 21.1. The molecule has 86 valence electrons. The van der Waals surface area contributed by atoms with Crippen molar-refractivity contribution in [2.24, 2.45) is 5.11 Å². The van der Waals surface area contributed by atoms with E-state index in [-0.39, 0.29) is 6.61 Å². The molecule has 0 aromatic rings. The topological polar surface area (TPSA) is 89.2 Å². The van der Waals surface area contributed by atoms with Gasteiger partial charge in [-0.05, 0) is 18.9 Å². The van der Waals surface area contributed by atoms with Crippen LogP contribution in [0.25, 0.3) is 10.4 Å². The predicted octanol–water partition coefficient (Wildman–Crippen LogP) is 1.72. The highest BCUT2D eigenvalue weighted by Gasteiger charge is 1.99. The highest BCUT2D eigenvalue weighted by Crippen LogP contribution is 2.07. The third-order valence-electron chi connectivity index (χ3n) is 1.74. The van der Waals surface area contributed by atoms with Crippen molar-refractivity contribution in [2.45, 2.75) is 19.4 Å². The Morgan fingerprint density at radius 2 is 2.40 bits per heavy atom. The Bertz CT molecular complexity index is 240. The maximum absolute atomic E-state index is 9.05. The van der Waals surface area contributed by atoms with Gasteiger partial charge in [0.15, 0.2) is 0 Å². The van der Waals surface area contributed by atoms with Gasteiger partial charge >= 0.3 is 0 Å². The average Bonchev–Trinajstić information content (AvgIpc) is 2.24. The molecule has 1 atom stereocenters. The third-order valence-corrected chi connectivity index (χ3v) is 2.76. The van der Waals surface area contributed by atoms with Gasteiger partial charge in [-0.3, -0.25) is 0 Å². The van der Waals surface area contributed by atoms with Crippen LogP contribution >= 0.6 is 11.8 Å². The number of rotatable bonds is 8. The summed E-state index contributed by atoms with van der Waals surface area (Å²) in [5.41, 5.74) is 9.24. The van der Waals surface area contributed by atoms with Crippen molar-refractivity contribution in [2.75, 3.05) is 24.7 Å². The molecule has 0 aromatic heterocycles. The second-order valence-electron chi connectivity index (χ2n) is 3.13. The van der Waals surface area contributed by atoms with E-state index in [4.69, 9.17) is 15.7 Å². The van der Waals surface area contributed by atoms with Crippen LogP contribution in [0.5, 0.6) is 0 Å². The van der Waals surface area contributed by atoms with E-state index < -0.39 is 6.10 Å². The van der Waals surface area contributed by atoms with Crippen LogP contribution < -0.4 is 0 Å².